The van der Waals surface area contributed by atoms with Gasteiger partial charge >= 0.3 is 0 Å². The Morgan fingerprint density at radius 1 is 1.32 bits per heavy atom. The van der Waals surface area contributed by atoms with Crippen molar-refractivity contribution in [2.75, 3.05) is 5.73 Å². The Bertz CT molecular complexity index is 673. The van der Waals surface area contributed by atoms with Gasteiger partial charge in [0.15, 0.2) is 5.78 Å². The summed E-state index contributed by atoms with van der Waals surface area (Å²) in [6.45, 7) is 1.79. The second-order valence-corrected chi connectivity index (χ2v) is 5.41. The number of hydrogen-bond donors (Lipinski definition) is 1. The molecule has 5 heteroatoms. The van der Waals surface area contributed by atoms with Crippen molar-refractivity contribution in [1.82, 2.24) is 0 Å². The third kappa shape index (κ3) is 2.80. The molecule has 2 nitrogen and oxygen atoms in total. The maximum Gasteiger partial charge on any atom is 0.196 e. The first kappa shape index (κ1) is 14.0. The van der Waals surface area contributed by atoms with E-state index in [2.05, 4.69) is 15.9 Å². The van der Waals surface area contributed by atoms with E-state index in [0.717, 1.165) is 5.56 Å². The molecule has 0 fully saturated rings. The highest BCUT2D eigenvalue weighted by Gasteiger charge is 2.16. The second kappa shape index (κ2) is 5.31. The van der Waals surface area contributed by atoms with Crippen molar-refractivity contribution in [3.63, 3.8) is 0 Å². The van der Waals surface area contributed by atoms with Crippen molar-refractivity contribution in [3.8, 4) is 0 Å². The van der Waals surface area contributed by atoms with Crippen LogP contribution in [0.2, 0.25) is 5.02 Å². The van der Waals surface area contributed by atoms with Crippen LogP contribution in [0.1, 0.15) is 21.5 Å². The largest absolute Gasteiger partial charge is 0.399 e. The molecular weight excluding hydrogens is 333 g/mol. The number of rotatable bonds is 2. The van der Waals surface area contributed by atoms with Crippen LogP contribution < -0.4 is 5.73 Å². The molecule has 98 valence electrons. The number of anilines is 1. The molecule has 2 aromatic rings. The van der Waals surface area contributed by atoms with Gasteiger partial charge in [-0.1, -0.05) is 11.6 Å². The Kier molecular flexibility index (Phi) is 3.92. The molecule has 0 aliphatic carbocycles. The van der Waals surface area contributed by atoms with E-state index in [4.69, 9.17) is 17.3 Å². The van der Waals surface area contributed by atoms with Crippen molar-refractivity contribution in [3.05, 3.63) is 62.3 Å². The van der Waals surface area contributed by atoms with Crippen molar-refractivity contribution in [2.45, 2.75) is 6.92 Å². The molecule has 0 aliphatic rings. The predicted molar refractivity (Wildman–Crippen MR) is 78.1 cm³/mol. The molecule has 0 spiro atoms. The molecule has 0 aliphatic heterocycles. The van der Waals surface area contributed by atoms with Crippen molar-refractivity contribution < 1.29 is 9.18 Å². The minimum absolute atomic E-state index is 0.0580. The molecule has 2 rings (SSSR count). The van der Waals surface area contributed by atoms with Gasteiger partial charge in [-0.15, -0.1) is 0 Å². The van der Waals surface area contributed by atoms with Crippen LogP contribution in [0.3, 0.4) is 0 Å². The first-order valence-corrected chi connectivity index (χ1v) is 6.62. The Hall–Kier alpha value is -1.39. The van der Waals surface area contributed by atoms with Gasteiger partial charge in [0.2, 0.25) is 0 Å². The highest BCUT2D eigenvalue weighted by atomic mass is 79.9. The number of carbonyl (C=O) groups is 1. The summed E-state index contributed by atoms with van der Waals surface area (Å²) in [5.74, 6) is -1.04. The van der Waals surface area contributed by atoms with E-state index >= 15 is 0 Å². The van der Waals surface area contributed by atoms with Crippen LogP contribution in [0.5, 0.6) is 0 Å². The van der Waals surface area contributed by atoms with Gasteiger partial charge in [-0.05, 0) is 58.7 Å². The summed E-state index contributed by atoms with van der Waals surface area (Å²) in [6.07, 6.45) is 0. The van der Waals surface area contributed by atoms with E-state index in [1.807, 2.05) is 0 Å². The van der Waals surface area contributed by atoms with Crippen molar-refractivity contribution in [2.24, 2.45) is 0 Å². The number of carbonyl (C=O) groups excluding carboxylic acids is 1. The summed E-state index contributed by atoms with van der Waals surface area (Å²) in [4.78, 5) is 12.2. The lowest BCUT2D eigenvalue weighted by Crippen LogP contribution is -2.05. The maximum atomic E-state index is 13.8. The summed E-state index contributed by atoms with van der Waals surface area (Å²) in [6, 6.07) is 7.32. The molecule has 0 saturated heterocycles. The number of benzene rings is 2. The zero-order valence-electron chi connectivity index (χ0n) is 10.0. The highest BCUT2D eigenvalue weighted by Crippen LogP contribution is 2.27. The van der Waals surface area contributed by atoms with Gasteiger partial charge in [-0.2, -0.15) is 0 Å². The molecule has 0 atom stereocenters. The first-order valence-electron chi connectivity index (χ1n) is 5.45. The van der Waals surface area contributed by atoms with Crippen molar-refractivity contribution in [1.29, 1.82) is 0 Å². The van der Waals surface area contributed by atoms with Crippen LogP contribution >= 0.6 is 27.5 Å². The number of ketones is 1. The molecule has 0 radical (unpaired) electrons. The van der Waals surface area contributed by atoms with E-state index < -0.39 is 11.6 Å². The lowest BCUT2D eigenvalue weighted by Gasteiger charge is -2.07. The fourth-order valence-electron chi connectivity index (χ4n) is 1.67. The molecule has 0 heterocycles. The topological polar surface area (TPSA) is 43.1 Å². The smallest absolute Gasteiger partial charge is 0.196 e. The Labute approximate surface area is 123 Å². The van der Waals surface area contributed by atoms with E-state index in [0.29, 0.717) is 15.7 Å². The fourth-order valence-corrected chi connectivity index (χ4v) is 2.15. The predicted octanol–water partition coefficient (Wildman–Crippen LogP) is 4.36. The zero-order chi connectivity index (χ0) is 14.2. The van der Waals surface area contributed by atoms with E-state index in [1.165, 1.54) is 12.1 Å². The molecule has 0 unspecified atom stereocenters. The molecule has 0 saturated carbocycles. The fraction of sp³-hybridized carbons (Fsp3) is 0.0714. The standard InChI is InChI=1S/C14H10BrClFNO/c1-7-4-8(2-3-13(7)18)14(19)9-5-11(16)10(15)6-12(9)17/h2-6H,18H2,1H3. The van der Waals surface area contributed by atoms with Crippen LogP contribution in [0, 0.1) is 12.7 Å². The minimum Gasteiger partial charge on any atom is -0.399 e. The minimum atomic E-state index is -0.615. The molecule has 0 bridgehead atoms. The lowest BCUT2D eigenvalue weighted by atomic mass is 10.0. The monoisotopic (exact) mass is 341 g/mol. The summed E-state index contributed by atoms with van der Waals surface area (Å²) >= 11 is 8.99. The SMILES string of the molecule is Cc1cc(C(=O)c2cc(Cl)c(Br)cc2F)ccc1N. The van der Waals surface area contributed by atoms with Gasteiger partial charge < -0.3 is 5.73 Å². The molecule has 2 N–H and O–H groups in total. The highest BCUT2D eigenvalue weighted by molar-refractivity contribution is 9.10. The third-order valence-corrected chi connectivity index (χ3v) is 3.98. The third-order valence-electron chi connectivity index (χ3n) is 2.79. The van der Waals surface area contributed by atoms with Gasteiger partial charge in [0.25, 0.3) is 0 Å². The summed E-state index contributed by atoms with van der Waals surface area (Å²) < 4.78 is 14.2. The lowest BCUT2D eigenvalue weighted by molar-refractivity contribution is 0.103. The number of hydrogen-bond acceptors (Lipinski definition) is 2. The van der Waals surface area contributed by atoms with Crippen LogP contribution in [0.25, 0.3) is 0 Å². The van der Waals surface area contributed by atoms with E-state index in [1.54, 1.807) is 25.1 Å². The number of nitrogen functional groups attached to an aromatic ring is 1. The van der Waals surface area contributed by atoms with Crippen LogP contribution in [-0.2, 0) is 0 Å². The average Bonchev–Trinajstić information content (AvgIpc) is 2.36. The second-order valence-electron chi connectivity index (χ2n) is 4.15. The Balaban J connectivity index is 2.49. The molecular formula is C14H10BrClFNO. The van der Waals surface area contributed by atoms with E-state index in [9.17, 15) is 9.18 Å². The van der Waals surface area contributed by atoms with E-state index in [-0.39, 0.29) is 10.6 Å². The zero-order valence-corrected chi connectivity index (χ0v) is 12.3. The van der Waals surface area contributed by atoms with Gasteiger partial charge in [0.1, 0.15) is 5.82 Å². The number of nitrogens with two attached hydrogens (primary N) is 1. The van der Waals surface area contributed by atoms with Gasteiger partial charge in [0, 0.05) is 15.7 Å². The maximum absolute atomic E-state index is 13.8. The van der Waals surface area contributed by atoms with Crippen LogP contribution in [0.4, 0.5) is 10.1 Å². The quantitative estimate of drug-likeness (QED) is 0.500. The van der Waals surface area contributed by atoms with Gasteiger partial charge in [-0.3, -0.25) is 4.79 Å². The molecule has 2 aromatic carbocycles. The molecule has 19 heavy (non-hydrogen) atoms. The normalized spacial score (nSPS) is 10.5. The van der Waals surface area contributed by atoms with Crippen LogP contribution in [-0.4, -0.2) is 5.78 Å². The summed E-state index contributed by atoms with van der Waals surface area (Å²) in [7, 11) is 0. The number of halogens is 3. The Morgan fingerprint density at radius 2 is 2.00 bits per heavy atom. The van der Waals surface area contributed by atoms with Gasteiger partial charge in [-0.25, -0.2) is 4.39 Å². The summed E-state index contributed by atoms with van der Waals surface area (Å²) in [5.41, 5.74) is 7.37. The van der Waals surface area contributed by atoms with Crippen molar-refractivity contribution >= 4 is 39.0 Å². The Morgan fingerprint density at radius 3 is 2.63 bits per heavy atom. The first-order chi connectivity index (χ1) is 8.90. The molecule has 0 amide bonds. The molecule has 0 aromatic heterocycles. The average molecular weight is 343 g/mol. The van der Waals surface area contributed by atoms with Crippen LogP contribution in [0.15, 0.2) is 34.8 Å². The number of aryl methyl sites for hydroxylation is 1. The summed E-state index contributed by atoms with van der Waals surface area (Å²) in [5, 5.41) is 0.289. The van der Waals surface area contributed by atoms with Gasteiger partial charge in [0.05, 0.1) is 10.6 Å².